The molecule has 1 atom stereocenters. The fourth-order valence-electron chi connectivity index (χ4n) is 2.97. The monoisotopic (exact) mass is 423 g/mol. The van der Waals surface area contributed by atoms with Crippen LogP contribution in [0.2, 0.25) is 0 Å². The minimum Gasteiger partial charge on any atom is -0.493 e. The molecule has 0 radical (unpaired) electrons. The smallest absolute Gasteiger partial charge is 0.167 e. The van der Waals surface area contributed by atoms with Crippen LogP contribution in [-0.2, 0) is 17.9 Å². The van der Waals surface area contributed by atoms with Crippen molar-refractivity contribution in [1.82, 2.24) is 5.32 Å². The predicted octanol–water partition coefficient (Wildman–Crippen LogP) is 4.44. The maximum Gasteiger partial charge on any atom is 0.167 e. The Labute approximate surface area is 161 Å². The molecule has 0 aliphatic carbocycles. The molecule has 4 nitrogen and oxygen atoms in total. The van der Waals surface area contributed by atoms with Crippen molar-refractivity contribution in [1.29, 1.82) is 0 Å². The van der Waals surface area contributed by atoms with E-state index in [0.717, 1.165) is 41.6 Å². The van der Waals surface area contributed by atoms with E-state index in [4.69, 9.17) is 14.2 Å². The highest BCUT2D eigenvalue weighted by Crippen LogP contribution is 2.36. The van der Waals surface area contributed by atoms with Gasteiger partial charge in [0.1, 0.15) is 12.4 Å². The lowest BCUT2D eigenvalue weighted by atomic mass is 10.1. The molecule has 0 bridgehead atoms. The van der Waals surface area contributed by atoms with Crippen LogP contribution in [0.1, 0.15) is 24.0 Å². The van der Waals surface area contributed by atoms with Crippen LogP contribution >= 0.6 is 15.9 Å². The molecule has 6 heteroatoms. The molecule has 0 aromatic heterocycles. The van der Waals surface area contributed by atoms with Gasteiger partial charge in [-0.3, -0.25) is 0 Å². The number of rotatable bonds is 8. The zero-order chi connectivity index (χ0) is 18.4. The van der Waals surface area contributed by atoms with Gasteiger partial charge in [0.05, 0.1) is 13.2 Å². The second-order valence-corrected chi connectivity index (χ2v) is 7.09. The topological polar surface area (TPSA) is 39.7 Å². The molecule has 1 N–H and O–H groups in total. The third kappa shape index (κ3) is 4.96. The second kappa shape index (κ2) is 9.35. The summed E-state index contributed by atoms with van der Waals surface area (Å²) in [5.41, 5.74) is 1.89. The quantitative estimate of drug-likeness (QED) is 0.680. The van der Waals surface area contributed by atoms with E-state index in [2.05, 4.69) is 21.2 Å². The molecular formula is C20H23BrFNO3. The molecule has 1 aliphatic heterocycles. The van der Waals surface area contributed by atoms with Crippen molar-refractivity contribution in [3.05, 3.63) is 57.8 Å². The zero-order valence-corrected chi connectivity index (χ0v) is 16.4. The van der Waals surface area contributed by atoms with Gasteiger partial charge >= 0.3 is 0 Å². The first-order chi connectivity index (χ1) is 12.7. The molecule has 140 valence electrons. The van der Waals surface area contributed by atoms with Crippen molar-refractivity contribution >= 4 is 15.9 Å². The van der Waals surface area contributed by atoms with Crippen LogP contribution in [0.4, 0.5) is 4.39 Å². The molecule has 26 heavy (non-hydrogen) atoms. The van der Waals surface area contributed by atoms with Crippen molar-refractivity contribution in [2.75, 3.05) is 20.3 Å². The number of hydrogen-bond acceptors (Lipinski definition) is 4. The third-order valence-electron chi connectivity index (χ3n) is 4.38. The number of ether oxygens (including phenoxy) is 3. The number of halogens is 2. The van der Waals surface area contributed by atoms with E-state index in [1.807, 2.05) is 12.1 Å². The van der Waals surface area contributed by atoms with E-state index in [-0.39, 0.29) is 11.9 Å². The van der Waals surface area contributed by atoms with Gasteiger partial charge in [0.15, 0.2) is 11.5 Å². The minimum atomic E-state index is -0.257. The molecule has 2 aromatic carbocycles. The van der Waals surface area contributed by atoms with E-state index in [0.29, 0.717) is 24.7 Å². The summed E-state index contributed by atoms with van der Waals surface area (Å²) < 4.78 is 31.2. The molecule has 0 saturated carbocycles. The van der Waals surface area contributed by atoms with Gasteiger partial charge in [0, 0.05) is 29.7 Å². The van der Waals surface area contributed by atoms with Crippen LogP contribution in [0.15, 0.2) is 40.9 Å². The number of methoxy groups -OCH3 is 1. The van der Waals surface area contributed by atoms with Crippen molar-refractivity contribution < 1.29 is 18.6 Å². The maximum absolute atomic E-state index is 13.1. The van der Waals surface area contributed by atoms with Gasteiger partial charge in [-0.05, 0) is 42.7 Å². The summed E-state index contributed by atoms with van der Waals surface area (Å²) in [7, 11) is 1.62. The fourth-order valence-corrected chi connectivity index (χ4v) is 3.42. The van der Waals surface area contributed by atoms with Gasteiger partial charge in [-0.1, -0.05) is 28.1 Å². The van der Waals surface area contributed by atoms with Gasteiger partial charge in [-0.15, -0.1) is 0 Å². The molecule has 1 heterocycles. The largest absolute Gasteiger partial charge is 0.493 e. The SMILES string of the molecule is COc1ccc(Br)c(CNCC2CCCO2)c1OCc1ccc(F)cc1. The minimum absolute atomic E-state index is 0.257. The Balaban J connectivity index is 1.70. The standard InChI is InChI=1S/C20H23BrFNO3/c1-24-19-9-8-18(21)17(12-23-11-16-3-2-10-25-16)20(19)26-13-14-4-6-15(22)7-5-14/h4-9,16,23H,2-3,10-13H2,1H3. The highest BCUT2D eigenvalue weighted by atomic mass is 79.9. The summed E-state index contributed by atoms with van der Waals surface area (Å²) in [6, 6.07) is 10.1. The van der Waals surface area contributed by atoms with Crippen molar-refractivity contribution in [3.63, 3.8) is 0 Å². The summed E-state index contributed by atoms with van der Waals surface area (Å²) in [5.74, 6) is 1.10. The first kappa shape index (κ1) is 19.1. The van der Waals surface area contributed by atoms with E-state index in [1.165, 1.54) is 12.1 Å². The Morgan fingerprint density at radius 2 is 2.04 bits per heavy atom. The molecule has 1 aliphatic rings. The maximum atomic E-state index is 13.1. The first-order valence-electron chi connectivity index (χ1n) is 8.72. The summed E-state index contributed by atoms with van der Waals surface area (Å²) in [6.07, 6.45) is 2.50. The van der Waals surface area contributed by atoms with Crippen LogP contribution in [-0.4, -0.2) is 26.4 Å². The zero-order valence-electron chi connectivity index (χ0n) is 14.8. The molecule has 0 amide bonds. The Kier molecular flexibility index (Phi) is 6.88. The summed E-state index contributed by atoms with van der Waals surface area (Å²) in [5, 5.41) is 3.44. The summed E-state index contributed by atoms with van der Waals surface area (Å²) >= 11 is 3.60. The van der Waals surface area contributed by atoms with Crippen LogP contribution < -0.4 is 14.8 Å². The molecule has 2 aromatic rings. The van der Waals surface area contributed by atoms with Gasteiger partial charge in [0.25, 0.3) is 0 Å². The number of benzene rings is 2. The normalized spacial score (nSPS) is 16.7. The highest BCUT2D eigenvalue weighted by molar-refractivity contribution is 9.10. The Bertz CT molecular complexity index is 718. The molecule has 3 rings (SSSR count). The second-order valence-electron chi connectivity index (χ2n) is 6.24. The van der Waals surface area contributed by atoms with Gasteiger partial charge in [-0.2, -0.15) is 0 Å². The fraction of sp³-hybridized carbons (Fsp3) is 0.400. The van der Waals surface area contributed by atoms with Crippen LogP contribution in [0.3, 0.4) is 0 Å². The molecular weight excluding hydrogens is 401 g/mol. The van der Waals surface area contributed by atoms with Crippen LogP contribution in [0, 0.1) is 5.82 Å². The Morgan fingerprint density at radius 1 is 1.23 bits per heavy atom. The lowest BCUT2D eigenvalue weighted by molar-refractivity contribution is 0.110. The van der Waals surface area contributed by atoms with E-state index >= 15 is 0 Å². The Morgan fingerprint density at radius 3 is 2.73 bits per heavy atom. The molecule has 0 spiro atoms. The van der Waals surface area contributed by atoms with E-state index in [1.54, 1.807) is 19.2 Å². The average molecular weight is 424 g/mol. The van der Waals surface area contributed by atoms with Crippen LogP contribution in [0.5, 0.6) is 11.5 Å². The molecule has 1 unspecified atom stereocenters. The lowest BCUT2D eigenvalue weighted by Crippen LogP contribution is -2.26. The summed E-state index contributed by atoms with van der Waals surface area (Å²) in [6.45, 7) is 2.63. The predicted molar refractivity (Wildman–Crippen MR) is 102 cm³/mol. The van der Waals surface area contributed by atoms with Crippen molar-refractivity contribution in [2.24, 2.45) is 0 Å². The van der Waals surface area contributed by atoms with Gasteiger partial charge < -0.3 is 19.5 Å². The van der Waals surface area contributed by atoms with Gasteiger partial charge in [0.2, 0.25) is 0 Å². The molecule has 1 fully saturated rings. The third-order valence-corrected chi connectivity index (χ3v) is 5.12. The average Bonchev–Trinajstić information content (AvgIpc) is 3.16. The highest BCUT2D eigenvalue weighted by Gasteiger charge is 2.18. The van der Waals surface area contributed by atoms with E-state index in [9.17, 15) is 4.39 Å². The van der Waals surface area contributed by atoms with E-state index < -0.39 is 0 Å². The van der Waals surface area contributed by atoms with Gasteiger partial charge in [-0.25, -0.2) is 4.39 Å². The summed E-state index contributed by atoms with van der Waals surface area (Å²) in [4.78, 5) is 0. The Hall–Kier alpha value is -1.63. The number of nitrogens with one attached hydrogen (secondary N) is 1. The molecule has 1 saturated heterocycles. The van der Waals surface area contributed by atoms with Crippen molar-refractivity contribution in [2.45, 2.75) is 32.1 Å². The van der Waals surface area contributed by atoms with Crippen LogP contribution in [0.25, 0.3) is 0 Å². The van der Waals surface area contributed by atoms with Crippen molar-refractivity contribution in [3.8, 4) is 11.5 Å². The lowest BCUT2D eigenvalue weighted by Gasteiger charge is -2.18. The first-order valence-corrected chi connectivity index (χ1v) is 9.51. The number of hydrogen-bond donors (Lipinski definition) is 1.